The van der Waals surface area contributed by atoms with Crippen LogP contribution in [-0.2, 0) is 0 Å². The van der Waals surface area contributed by atoms with E-state index in [0.29, 0.717) is 5.92 Å². The summed E-state index contributed by atoms with van der Waals surface area (Å²) >= 11 is 0. The molecule has 1 N–H and O–H groups in total. The molecule has 3 nitrogen and oxygen atoms in total. The van der Waals surface area contributed by atoms with Gasteiger partial charge in [0, 0.05) is 24.4 Å². The first kappa shape index (κ1) is 10.5. The second kappa shape index (κ2) is 4.72. The van der Waals surface area contributed by atoms with Crippen molar-refractivity contribution >= 4 is 0 Å². The predicted molar refractivity (Wildman–Crippen MR) is 68.4 cm³/mol. The first-order valence-electron chi connectivity index (χ1n) is 6.25. The Morgan fingerprint density at radius 2 is 2.06 bits per heavy atom. The molecular weight excluding hydrogens is 210 g/mol. The van der Waals surface area contributed by atoms with Crippen LogP contribution in [0.3, 0.4) is 0 Å². The maximum Gasteiger partial charge on any atom is 0.0648 e. The lowest BCUT2D eigenvalue weighted by Crippen LogP contribution is -2.29. The van der Waals surface area contributed by atoms with Crippen LogP contribution in [0.5, 0.6) is 0 Å². The molecule has 3 rings (SSSR count). The van der Waals surface area contributed by atoms with Crippen molar-refractivity contribution < 1.29 is 0 Å². The Hall–Kier alpha value is -1.61. The summed E-state index contributed by atoms with van der Waals surface area (Å²) in [4.78, 5) is 0. The van der Waals surface area contributed by atoms with Crippen molar-refractivity contribution in [3.8, 4) is 5.69 Å². The molecule has 0 radical (unpaired) electrons. The number of piperidine rings is 1. The van der Waals surface area contributed by atoms with Gasteiger partial charge in [0.1, 0.15) is 0 Å². The SMILES string of the molecule is c1ccc(-n2nccc2[C@@H]2CCCNC2)cc1. The van der Waals surface area contributed by atoms with Gasteiger partial charge in [-0.3, -0.25) is 0 Å². The molecule has 1 fully saturated rings. The molecule has 0 saturated carbocycles. The van der Waals surface area contributed by atoms with Crippen LogP contribution in [0.1, 0.15) is 24.5 Å². The van der Waals surface area contributed by atoms with E-state index in [2.05, 4.69) is 45.4 Å². The third-order valence-electron chi connectivity index (χ3n) is 3.39. The molecule has 3 heteroatoms. The summed E-state index contributed by atoms with van der Waals surface area (Å²) in [5.41, 5.74) is 2.47. The van der Waals surface area contributed by atoms with Gasteiger partial charge in [0.15, 0.2) is 0 Å². The molecule has 88 valence electrons. The normalized spacial score (nSPS) is 20.4. The molecule has 1 atom stereocenters. The summed E-state index contributed by atoms with van der Waals surface area (Å²) in [6.45, 7) is 2.22. The number of hydrogen-bond donors (Lipinski definition) is 1. The molecule has 2 heterocycles. The Balaban J connectivity index is 1.93. The van der Waals surface area contributed by atoms with E-state index in [-0.39, 0.29) is 0 Å². The van der Waals surface area contributed by atoms with Crippen LogP contribution >= 0.6 is 0 Å². The topological polar surface area (TPSA) is 29.9 Å². The van der Waals surface area contributed by atoms with Gasteiger partial charge in [-0.05, 0) is 37.6 Å². The number of aromatic nitrogens is 2. The van der Waals surface area contributed by atoms with Crippen molar-refractivity contribution in [2.75, 3.05) is 13.1 Å². The number of hydrogen-bond acceptors (Lipinski definition) is 2. The zero-order valence-electron chi connectivity index (χ0n) is 9.84. The van der Waals surface area contributed by atoms with Crippen LogP contribution in [0.25, 0.3) is 5.69 Å². The molecule has 2 aromatic rings. The van der Waals surface area contributed by atoms with Gasteiger partial charge in [-0.15, -0.1) is 0 Å². The highest BCUT2D eigenvalue weighted by atomic mass is 15.3. The van der Waals surface area contributed by atoms with Crippen LogP contribution in [0.2, 0.25) is 0 Å². The molecule has 0 unspecified atom stereocenters. The van der Waals surface area contributed by atoms with Crippen molar-refractivity contribution in [1.29, 1.82) is 0 Å². The molecule has 17 heavy (non-hydrogen) atoms. The zero-order chi connectivity index (χ0) is 11.5. The lowest BCUT2D eigenvalue weighted by molar-refractivity contribution is 0.447. The first-order valence-corrected chi connectivity index (χ1v) is 6.25. The van der Waals surface area contributed by atoms with E-state index in [1.54, 1.807) is 0 Å². The zero-order valence-corrected chi connectivity index (χ0v) is 9.84. The number of nitrogens with one attached hydrogen (secondary N) is 1. The van der Waals surface area contributed by atoms with E-state index in [1.165, 1.54) is 18.5 Å². The summed E-state index contributed by atoms with van der Waals surface area (Å²) in [6.07, 6.45) is 4.41. The monoisotopic (exact) mass is 227 g/mol. The van der Waals surface area contributed by atoms with Gasteiger partial charge in [0.05, 0.1) is 5.69 Å². The second-order valence-corrected chi connectivity index (χ2v) is 4.55. The average Bonchev–Trinajstić information content (AvgIpc) is 2.90. The van der Waals surface area contributed by atoms with Gasteiger partial charge in [0.2, 0.25) is 0 Å². The fourth-order valence-corrected chi connectivity index (χ4v) is 2.51. The molecule has 1 saturated heterocycles. The first-order chi connectivity index (χ1) is 8.45. The van der Waals surface area contributed by atoms with Crippen molar-refractivity contribution in [3.05, 3.63) is 48.3 Å². The molecule has 0 spiro atoms. The highest BCUT2D eigenvalue weighted by Gasteiger charge is 2.19. The number of benzene rings is 1. The van der Waals surface area contributed by atoms with Crippen molar-refractivity contribution in [2.24, 2.45) is 0 Å². The second-order valence-electron chi connectivity index (χ2n) is 4.55. The Morgan fingerprint density at radius 3 is 2.82 bits per heavy atom. The van der Waals surface area contributed by atoms with Gasteiger partial charge in [-0.2, -0.15) is 5.10 Å². The van der Waals surface area contributed by atoms with Crippen LogP contribution in [0.15, 0.2) is 42.6 Å². The fraction of sp³-hybridized carbons (Fsp3) is 0.357. The van der Waals surface area contributed by atoms with Gasteiger partial charge in [0.25, 0.3) is 0 Å². The summed E-state index contributed by atoms with van der Waals surface area (Å²) in [7, 11) is 0. The third kappa shape index (κ3) is 2.11. The predicted octanol–water partition coefficient (Wildman–Crippen LogP) is 2.34. The molecule has 1 aliphatic rings. The lowest BCUT2D eigenvalue weighted by Gasteiger charge is -2.23. The van der Waals surface area contributed by atoms with E-state index in [1.807, 2.05) is 12.3 Å². The van der Waals surface area contributed by atoms with E-state index in [4.69, 9.17) is 0 Å². The van der Waals surface area contributed by atoms with Gasteiger partial charge in [-0.25, -0.2) is 4.68 Å². The molecular formula is C14H17N3. The maximum atomic E-state index is 4.45. The largest absolute Gasteiger partial charge is 0.316 e. The smallest absolute Gasteiger partial charge is 0.0648 e. The molecule has 1 aromatic heterocycles. The van der Waals surface area contributed by atoms with Crippen LogP contribution in [-0.4, -0.2) is 22.9 Å². The van der Waals surface area contributed by atoms with Crippen molar-refractivity contribution in [2.45, 2.75) is 18.8 Å². The Bertz CT molecular complexity index is 469. The summed E-state index contributed by atoms with van der Waals surface area (Å²) in [6, 6.07) is 12.5. The molecule has 0 bridgehead atoms. The van der Waals surface area contributed by atoms with E-state index in [9.17, 15) is 0 Å². The molecule has 1 aliphatic heterocycles. The Kier molecular flexibility index (Phi) is 2.92. The van der Waals surface area contributed by atoms with Gasteiger partial charge in [-0.1, -0.05) is 18.2 Å². The number of nitrogens with zero attached hydrogens (tertiary/aromatic N) is 2. The summed E-state index contributed by atoms with van der Waals surface area (Å²) < 4.78 is 2.07. The molecule has 0 aliphatic carbocycles. The molecule has 0 amide bonds. The minimum Gasteiger partial charge on any atom is -0.316 e. The lowest BCUT2D eigenvalue weighted by atomic mass is 9.96. The Morgan fingerprint density at radius 1 is 1.18 bits per heavy atom. The Labute approximate surface area is 101 Å². The van der Waals surface area contributed by atoms with E-state index >= 15 is 0 Å². The highest BCUT2D eigenvalue weighted by Crippen LogP contribution is 2.24. The maximum absolute atomic E-state index is 4.45. The van der Waals surface area contributed by atoms with Crippen molar-refractivity contribution in [3.63, 3.8) is 0 Å². The minimum atomic E-state index is 0.589. The standard InChI is InChI=1S/C14H17N3/c1-2-6-13(7-3-1)17-14(8-10-16-17)12-5-4-9-15-11-12/h1-3,6-8,10,12,15H,4-5,9,11H2/t12-/m1/s1. The van der Waals surface area contributed by atoms with Gasteiger partial charge < -0.3 is 5.32 Å². The minimum absolute atomic E-state index is 0.589. The quantitative estimate of drug-likeness (QED) is 0.853. The fourth-order valence-electron chi connectivity index (χ4n) is 2.51. The number of rotatable bonds is 2. The summed E-state index contributed by atoms with van der Waals surface area (Å²) in [5.74, 6) is 0.589. The van der Waals surface area contributed by atoms with Crippen LogP contribution in [0, 0.1) is 0 Å². The van der Waals surface area contributed by atoms with Crippen LogP contribution in [0.4, 0.5) is 0 Å². The molecule has 1 aromatic carbocycles. The highest BCUT2D eigenvalue weighted by molar-refractivity contribution is 5.33. The summed E-state index contributed by atoms with van der Waals surface area (Å²) in [5, 5.41) is 7.91. The van der Waals surface area contributed by atoms with Gasteiger partial charge >= 0.3 is 0 Å². The third-order valence-corrected chi connectivity index (χ3v) is 3.39. The van der Waals surface area contributed by atoms with E-state index < -0.39 is 0 Å². The average molecular weight is 227 g/mol. The van der Waals surface area contributed by atoms with Crippen molar-refractivity contribution in [1.82, 2.24) is 15.1 Å². The van der Waals surface area contributed by atoms with E-state index in [0.717, 1.165) is 18.8 Å². The van der Waals surface area contributed by atoms with Crippen LogP contribution < -0.4 is 5.32 Å². The number of para-hydroxylation sites is 1.